The highest BCUT2D eigenvalue weighted by atomic mass is 16.2. The van der Waals surface area contributed by atoms with E-state index in [1.165, 1.54) is 0 Å². The molecule has 0 aromatic carbocycles. The highest BCUT2D eigenvalue weighted by Crippen LogP contribution is 2.15. The molecule has 1 amide bonds. The summed E-state index contributed by atoms with van der Waals surface area (Å²) in [6.07, 6.45) is 5.57. The second-order valence-electron chi connectivity index (χ2n) is 4.97. The smallest absolute Gasteiger partial charge is 0.245 e. The van der Waals surface area contributed by atoms with Crippen LogP contribution in [0.25, 0.3) is 0 Å². The minimum Gasteiger partial charge on any atom is -0.342 e. The normalized spacial score (nSPS) is 16.9. The first-order valence-electron chi connectivity index (χ1n) is 6.51. The van der Waals surface area contributed by atoms with Gasteiger partial charge in [0.2, 0.25) is 11.9 Å². The van der Waals surface area contributed by atoms with E-state index in [1.807, 2.05) is 18.7 Å². The molecule has 2 heterocycles. The molecule has 1 N–H and O–H groups in total. The first-order chi connectivity index (χ1) is 8.68. The van der Waals surface area contributed by atoms with Gasteiger partial charge in [-0.2, -0.15) is 0 Å². The molecular weight excluding hydrogens is 228 g/mol. The lowest BCUT2D eigenvalue weighted by Gasteiger charge is -2.26. The topological polar surface area (TPSA) is 58.1 Å². The lowest BCUT2D eigenvalue weighted by atomic mass is 10.0. The number of nitrogens with one attached hydrogen (secondary N) is 1. The van der Waals surface area contributed by atoms with Gasteiger partial charge in [0.15, 0.2) is 0 Å². The molecule has 1 saturated heterocycles. The van der Waals surface area contributed by atoms with Crippen molar-refractivity contribution in [3.8, 4) is 0 Å². The fraction of sp³-hybridized carbons (Fsp3) is 0.615. The number of hydrogen-bond donors (Lipinski definition) is 1. The molecule has 1 aromatic rings. The average molecular weight is 248 g/mol. The van der Waals surface area contributed by atoms with Crippen molar-refractivity contribution < 1.29 is 4.79 Å². The molecule has 1 aromatic heterocycles. The minimum absolute atomic E-state index is 0.162. The number of anilines is 1. The second kappa shape index (κ2) is 5.80. The Bertz CT molecular complexity index is 387. The Kier molecular flexibility index (Phi) is 4.12. The molecule has 0 bridgehead atoms. The average Bonchev–Trinajstić information content (AvgIpc) is 2.90. The quantitative estimate of drug-likeness (QED) is 0.878. The van der Waals surface area contributed by atoms with Crippen molar-refractivity contribution in [2.24, 2.45) is 5.92 Å². The largest absolute Gasteiger partial charge is 0.342 e. The maximum absolute atomic E-state index is 12.4. The summed E-state index contributed by atoms with van der Waals surface area (Å²) in [6.45, 7) is 5.82. The number of aromatic nitrogens is 2. The number of hydrogen-bond acceptors (Lipinski definition) is 4. The molecule has 0 spiro atoms. The predicted molar refractivity (Wildman–Crippen MR) is 70.1 cm³/mol. The number of amides is 1. The standard InChI is InChI=1S/C13H20N4O/c1-10(2)11(12(18)17-8-3-4-9-17)16-13-14-6-5-7-15-13/h5-7,10-11H,3-4,8-9H2,1-2H3,(H,14,15,16). The van der Waals surface area contributed by atoms with Crippen LogP contribution in [0.4, 0.5) is 5.95 Å². The van der Waals surface area contributed by atoms with Gasteiger partial charge in [0.25, 0.3) is 0 Å². The lowest BCUT2D eigenvalue weighted by molar-refractivity contribution is -0.131. The first kappa shape index (κ1) is 12.8. The van der Waals surface area contributed by atoms with Crippen molar-refractivity contribution >= 4 is 11.9 Å². The monoisotopic (exact) mass is 248 g/mol. The molecule has 18 heavy (non-hydrogen) atoms. The van der Waals surface area contributed by atoms with E-state index >= 15 is 0 Å². The summed E-state index contributed by atoms with van der Waals surface area (Å²) in [4.78, 5) is 22.6. The molecule has 5 nitrogen and oxygen atoms in total. The van der Waals surface area contributed by atoms with E-state index in [4.69, 9.17) is 0 Å². The Morgan fingerprint density at radius 3 is 2.44 bits per heavy atom. The van der Waals surface area contributed by atoms with E-state index < -0.39 is 0 Å². The van der Waals surface area contributed by atoms with E-state index in [-0.39, 0.29) is 17.9 Å². The fourth-order valence-electron chi connectivity index (χ4n) is 2.16. The van der Waals surface area contributed by atoms with E-state index in [0.29, 0.717) is 5.95 Å². The Morgan fingerprint density at radius 1 is 1.28 bits per heavy atom. The Hall–Kier alpha value is -1.65. The van der Waals surface area contributed by atoms with Crippen LogP contribution in [-0.4, -0.2) is 39.9 Å². The molecule has 5 heteroatoms. The van der Waals surface area contributed by atoms with Crippen molar-refractivity contribution in [3.63, 3.8) is 0 Å². The molecular formula is C13H20N4O. The molecule has 0 aliphatic carbocycles. The third kappa shape index (κ3) is 2.97. The summed E-state index contributed by atoms with van der Waals surface area (Å²) >= 11 is 0. The highest BCUT2D eigenvalue weighted by molar-refractivity contribution is 5.84. The molecule has 0 radical (unpaired) electrons. The van der Waals surface area contributed by atoms with Gasteiger partial charge < -0.3 is 10.2 Å². The summed E-state index contributed by atoms with van der Waals surface area (Å²) < 4.78 is 0. The molecule has 0 saturated carbocycles. The molecule has 1 aliphatic heterocycles. The molecule has 98 valence electrons. The van der Waals surface area contributed by atoms with Gasteiger partial charge in [-0.25, -0.2) is 9.97 Å². The Labute approximate surface area is 108 Å². The number of rotatable bonds is 4. The van der Waals surface area contributed by atoms with Gasteiger partial charge >= 0.3 is 0 Å². The molecule has 1 unspecified atom stereocenters. The highest BCUT2D eigenvalue weighted by Gasteiger charge is 2.29. The van der Waals surface area contributed by atoms with Gasteiger partial charge in [-0.1, -0.05) is 13.8 Å². The van der Waals surface area contributed by atoms with Crippen LogP contribution in [0.15, 0.2) is 18.5 Å². The summed E-state index contributed by atoms with van der Waals surface area (Å²) in [7, 11) is 0. The SMILES string of the molecule is CC(C)C(Nc1ncccn1)C(=O)N1CCCC1. The Balaban J connectivity index is 2.06. The summed E-state index contributed by atoms with van der Waals surface area (Å²) in [5, 5.41) is 3.14. The third-order valence-electron chi connectivity index (χ3n) is 3.20. The fourth-order valence-corrected chi connectivity index (χ4v) is 2.16. The van der Waals surface area contributed by atoms with Gasteiger partial charge in [0.05, 0.1) is 0 Å². The predicted octanol–water partition coefficient (Wildman–Crippen LogP) is 1.54. The van der Waals surface area contributed by atoms with Crippen LogP contribution in [0.2, 0.25) is 0 Å². The lowest BCUT2D eigenvalue weighted by Crippen LogP contribution is -2.44. The number of likely N-dealkylation sites (tertiary alicyclic amines) is 1. The van der Waals surface area contributed by atoms with Crippen LogP contribution in [-0.2, 0) is 4.79 Å². The van der Waals surface area contributed by atoms with Crippen LogP contribution in [0.1, 0.15) is 26.7 Å². The molecule has 1 fully saturated rings. The summed E-state index contributed by atoms with van der Waals surface area (Å²) in [5.74, 6) is 0.889. The van der Waals surface area contributed by atoms with Crippen molar-refractivity contribution in [1.29, 1.82) is 0 Å². The minimum atomic E-state index is -0.245. The van der Waals surface area contributed by atoms with Crippen LogP contribution < -0.4 is 5.32 Å². The van der Waals surface area contributed by atoms with E-state index in [0.717, 1.165) is 25.9 Å². The van der Waals surface area contributed by atoms with Crippen LogP contribution in [0.3, 0.4) is 0 Å². The number of carbonyl (C=O) groups is 1. The number of carbonyl (C=O) groups excluding carboxylic acids is 1. The zero-order chi connectivity index (χ0) is 13.0. The van der Waals surface area contributed by atoms with Crippen LogP contribution in [0.5, 0.6) is 0 Å². The maximum Gasteiger partial charge on any atom is 0.245 e. The maximum atomic E-state index is 12.4. The van der Waals surface area contributed by atoms with Crippen molar-refractivity contribution in [2.45, 2.75) is 32.7 Å². The number of nitrogens with zero attached hydrogens (tertiary/aromatic N) is 3. The third-order valence-corrected chi connectivity index (χ3v) is 3.20. The molecule has 2 rings (SSSR count). The molecule has 1 aliphatic rings. The van der Waals surface area contributed by atoms with Crippen molar-refractivity contribution in [3.05, 3.63) is 18.5 Å². The zero-order valence-corrected chi connectivity index (χ0v) is 11.0. The van der Waals surface area contributed by atoms with E-state index in [1.54, 1.807) is 18.5 Å². The van der Waals surface area contributed by atoms with E-state index in [9.17, 15) is 4.79 Å². The van der Waals surface area contributed by atoms with Gasteiger partial charge in [-0.05, 0) is 24.8 Å². The van der Waals surface area contributed by atoms with Crippen molar-refractivity contribution in [2.75, 3.05) is 18.4 Å². The van der Waals surface area contributed by atoms with Gasteiger partial charge in [0.1, 0.15) is 6.04 Å². The summed E-state index contributed by atoms with van der Waals surface area (Å²) in [5.41, 5.74) is 0. The second-order valence-corrected chi connectivity index (χ2v) is 4.97. The van der Waals surface area contributed by atoms with Crippen molar-refractivity contribution in [1.82, 2.24) is 14.9 Å². The van der Waals surface area contributed by atoms with E-state index in [2.05, 4.69) is 15.3 Å². The van der Waals surface area contributed by atoms with Gasteiger partial charge in [-0.3, -0.25) is 4.79 Å². The van der Waals surface area contributed by atoms with Gasteiger partial charge in [0, 0.05) is 25.5 Å². The van der Waals surface area contributed by atoms with Crippen LogP contribution >= 0.6 is 0 Å². The van der Waals surface area contributed by atoms with Gasteiger partial charge in [-0.15, -0.1) is 0 Å². The summed E-state index contributed by atoms with van der Waals surface area (Å²) in [6, 6.07) is 1.52. The zero-order valence-electron chi connectivity index (χ0n) is 11.0. The first-order valence-corrected chi connectivity index (χ1v) is 6.51. The van der Waals surface area contributed by atoms with Crippen LogP contribution in [0, 0.1) is 5.92 Å². The Morgan fingerprint density at radius 2 is 1.89 bits per heavy atom. The molecule has 1 atom stereocenters.